The molecular formula is C14H18N2O4. The third kappa shape index (κ3) is 2.33. The molecule has 20 heavy (non-hydrogen) atoms. The van der Waals surface area contributed by atoms with Crippen LogP contribution in [0, 0.1) is 11.3 Å². The summed E-state index contributed by atoms with van der Waals surface area (Å²) in [5.74, 6) is -1.29. The topological polar surface area (TPSA) is 90.7 Å². The first kappa shape index (κ1) is 14.3. The van der Waals surface area contributed by atoms with E-state index < -0.39 is 11.4 Å². The van der Waals surface area contributed by atoms with E-state index in [9.17, 15) is 19.8 Å². The van der Waals surface area contributed by atoms with Gasteiger partial charge in [0.1, 0.15) is 5.75 Å². The molecule has 1 aromatic heterocycles. The van der Waals surface area contributed by atoms with Crippen LogP contribution in [0.4, 0.5) is 0 Å². The zero-order chi connectivity index (χ0) is 14.9. The van der Waals surface area contributed by atoms with Gasteiger partial charge >= 0.3 is 5.97 Å². The number of likely N-dealkylation sites (tertiary alicyclic amines) is 1. The van der Waals surface area contributed by atoms with Crippen molar-refractivity contribution in [1.29, 1.82) is 0 Å². The van der Waals surface area contributed by atoms with Crippen LogP contribution in [0.15, 0.2) is 18.5 Å². The molecule has 1 aliphatic heterocycles. The van der Waals surface area contributed by atoms with Crippen LogP contribution in [-0.4, -0.2) is 45.1 Å². The third-order valence-electron chi connectivity index (χ3n) is 4.09. The van der Waals surface area contributed by atoms with Gasteiger partial charge in [0.2, 0.25) is 0 Å². The summed E-state index contributed by atoms with van der Waals surface area (Å²) in [7, 11) is 0. The number of aromatic nitrogens is 1. The quantitative estimate of drug-likeness (QED) is 0.871. The van der Waals surface area contributed by atoms with Crippen molar-refractivity contribution in [3.8, 4) is 5.75 Å². The minimum Gasteiger partial charge on any atom is -0.506 e. The number of nitrogens with zero attached hydrogens (tertiary/aromatic N) is 2. The largest absolute Gasteiger partial charge is 0.506 e. The van der Waals surface area contributed by atoms with Crippen molar-refractivity contribution < 1.29 is 19.8 Å². The van der Waals surface area contributed by atoms with Crippen molar-refractivity contribution in [2.24, 2.45) is 11.3 Å². The van der Waals surface area contributed by atoms with E-state index in [1.54, 1.807) is 0 Å². The van der Waals surface area contributed by atoms with E-state index in [2.05, 4.69) is 4.98 Å². The average molecular weight is 278 g/mol. The van der Waals surface area contributed by atoms with Crippen molar-refractivity contribution in [3.63, 3.8) is 0 Å². The molecule has 2 rings (SSSR count). The number of carbonyl (C=O) groups excluding carboxylic acids is 1. The summed E-state index contributed by atoms with van der Waals surface area (Å²) in [6.45, 7) is 4.31. The van der Waals surface area contributed by atoms with Gasteiger partial charge in [0.05, 0.1) is 17.2 Å². The van der Waals surface area contributed by atoms with Crippen LogP contribution in [0.3, 0.4) is 0 Å². The summed E-state index contributed by atoms with van der Waals surface area (Å²) in [6, 6.07) is 1.34. The third-order valence-corrected chi connectivity index (χ3v) is 4.09. The second-order valence-corrected chi connectivity index (χ2v) is 5.52. The Morgan fingerprint density at radius 2 is 2.10 bits per heavy atom. The highest BCUT2D eigenvalue weighted by Gasteiger charge is 2.48. The predicted octanol–water partition coefficient (Wildman–Crippen LogP) is 1.36. The minimum absolute atomic E-state index is 0.0555. The molecule has 1 saturated heterocycles. The molecular weight excluding hydrogens is 260 g/mol. The van der Waals surface area contributed by atoms with E-state index >= 15 is 0 Å². The Balaban J connectivity index is 2.21. The number of amides is 1. The number of carboxylic acids is 1. The zero-order valence-corrected chi connectivity index (χ0v) is 11.5. The van der Waals surface area contributed by atoms with E-state index in [4.69, 9.17) is 0 Å². The molecule has 1 aromatic rings. The first-order valence-electron chi connectivity index (χ1n) is 6.53. The van der Waals surface area contributed by atoms with Crippen LogP contribution >= 0.6 is 0 Å². The zero-order valence-electron chi connectivity index (χ0n) is 11.5. The van der Waals surface area contributed by atoms with Gasteiger partial charge < -0.3 is 15.1 Å². The summed E-state index contributed by atoms with van der Waals surface area (Å²) in [6.07, 6.45) is 3.06. The van der Waals surface area contributed by atoms with Gasteiger partial charge in [-0.1, -0.05) is 13.8 Å². The van der Waals surface area contributed by atoms with Crippen LogP contribution in [0.1, 0.15) is 30.6 Å². The Bertz CT molecular complexity index is 544. The fraction of sp³-hybridized carbons (Fsp3) is 0.500. The monoisotopic (exact) mass is 278 g/mol. The highest BCUT2D eigenvalue weighted by molar-refractivity contribution is 5.95. The molecule has 6 nitrogen and oxygen atoms in total. The van der Waals surface area contributed by atoms with Crippen molar-refractivity contribution in [1.82, 2.24) is 9.88 Å². The molecule has 0 radical (unpaired) electrons. The summed E-state index contributed by atoms with van der Waals surface area (Å²) >= 11 is 0. The summed E-state index contributed by atoms with van der Waals surface area (Å²) in [5.41, 5.74) is -0.616. The lowest BCUT2D eigenvalue weighted by atomic mass is 9.76. The number of hydrogen-bond donors (Lipinski definition) is 2. The molecule has 1 unspecified atom stereocenters. The van der Waals surface area contributed by atoms with Gasteiger partial charge in [-0.05, 0) is 18.4 Å². The van der Waals surface area contributed by atoms with Gasteiger partial charge in [-0.15, -0.1) is 0 Å². The van der Waals surface area contributed by atoms with Gasteiger partial charge in [0.25, 0.3) is 5.91 Å². The molecule has 6 heteroatoms. The maximum absolute atomic E-state index is 12.3. The van der Waals surface area contributed by atoms with Gasteiger partial charge in [-0.25, -0.2) is 0 Å². The lowest BCUT2D eigenvalue weighted by Gasteiger charge is -2.28. The van der Waals surface area contributed by atoms with Crippen molar-refractivity contribution in [3.05, 3.63) is 24.0 Å². The molecule has 1 fully saturated rings. The average Bonchev–Trinajstić information content (AvgIpc) is 2.84. The SMILES string of the molecule is CC(C)C1(C(=O)O)CCN(C(=O)c2cncc(O)c2)C1. The standard InChI is InChI=1S/C14H18N2O4/c1-9(2)14(13(19)20)3-4-16(8-14)12(18)10-5-11(17)7-15-6-10/h5-7,9,17H,3-4,8H2,1-2H3,(H,19,20). The van der Waals surface area contributed by atoms with E-state index in [1.807, 2.05) is 13.8 Å². The fourth-order valence-electron chi connectivity index (χ4n) is 2.63. The van der Waals surface area contributed by atoms with E-state index in [0.29, 0.717) is 13.0 Å². The van der Waals surface area contributed by atoms with E-state index in [0.717, 1.165) is 0 Å². The molecule has 2 N–H and O–H groups in total. The first-order chi connectivity index (χ1) is 9.36. The van der Waals surface area contributed by atoms with E-state index in [-0.39, 0.29) is 29.7 Å². The molecule has 2 heterocycles. The summed E-state index contributed by atoms with van der Waals surface area (Å²) in [5, 5.41) is 18.8. The van der Waals surface area contributed by atoms with Crippen molar-refractivity contribution >= 4 is 11.9 Å². The Labute approximate surface area is 117 Å². The normalized spacial score (nSPS) is 22.2. The second-order valence-electron chi connectivity index (χ2n) is 5.52. The summed E-state index contributed by atoms with van der Waals surface area (Å²) in [4.78, 5) is 29.1. The van der Waals surface area contributed by atoms with Gasteiger partial charge in [0, 0.05) is 19.3 Å². The maximum atomic E-state index is 12.3. The van der Waals surface area contributed by atoms with Crippen LogP contribution in [0.25, 0.3) is 0 Å². The Morgan fingerprint density at radius 1 is 1.40 bits per heavy atom. The predicted molar refractivity (Wildman–Crippen MR) is 71.3 cm³/mol. The van der Waals surface area contributed by atoms with Crippen LogP contribution in [0.2, 0.25) is 0 Å². The molecule has 0 aromatic carbocycles. The van der Waals surface area contributed by atoms with E-state index in [1.165, 1.54) is 23.4 Å². The molecule has 1 aliphatic rings. The van der Waals surface area contributed by atoms with Crippen LogP contribution in [-0.2, 0) is 4.79 Å². The maximum Gasteiger partial charge on any atom is 0.311 e. The molecule has 1 amide bonds. The lowest BCUT2D eigenvalue weighted by molar-refractivity contribution is -0.150. The Kier molecular flexibility index (Phi) is 3.65. The number of rotatable bonds is 3. The highest BCUT2D eigenvalue weighted by Crippen LogP contribution is 2.38. The first-order valence-corrected chi connectivity index (χ1v) is 6.53. The Morgan fingerprint density at radius 3 is 2.60 bits per heavy atom. The number of carbonyl (C=O) groups is 2. The van der Waals surface area contributed by atoms with Gasteiger partial charge in [0.15, 0.2) is 0 Å². The number of hydrogen-bond acceptors (Lipinski definition) is 4. The van der Waals surface area contributed by atoms with Crippen molar-refractivity contribution in [2.75, 3.05) is 13.1 Å². The second kappa shape index (κ2) is 5.11. The molecule has 1 atom stereocenters. The minimum atomic E-state index is -0.889. The fourth-order valence-corrected chi connectivity index (χ4v) is 2.63. The number of aliphatic carboxylic acids is 1. The molecule has 0 bridgehead atoms. The number of carboxylic acid groups (broad SMARTS) is 1. The smallest absolute Gasteiger partial charge is 0.311 e. The number of pyridine rings is 1. The van der Waals surface area contributed by atoms with Crippen molar-refractivity contribution in [2.45, 2.75) is 20.3 Å². The van der Waals surface area contributed by atoms with Crippen LogP contribution in [0.5, 0.6) is 5.75 Å². The summed E-state index contributed by atoms with van der Waals surface area (Å²) < 4.78 is 0. The highest BCUT2D eigenvalue weighted by atomic mass is 16.4. The molecule has 0 saturated carbocycles. The van der Waals surface area contributed by atoms with Gasteiger partial charge in [-0.3, -0.25) is 14.6 Å². The Hall–Kier alpha value is -2.11. The lowest BCUT2D eigenvalue weighted by Crippen LogP contribution is -2.40. The molecule has 0 spiro atoms. The van der Waals surface area contributed by atoms with Gasteiger partial charge in [-0.2, -0.15) is 0 Å². The van der Waals surface area contributed by atoms with Crippen LogP contribution < -0.4 is 0 Å². The molecule has 108 valence electrons. The number of aromatic hydroxyl groups is 1. The molecule has 0 aliphatic carbocycles.